The Kier molecular flexibility index (Phi) is 2.87. The fourth-order valence-electron chi connectivity index (χ4n) is 4.05. The highest BCUT2D eigenvalue weighted by Gasteiger charge is 2.22. The quantitative estimate of drug-likeness (QED) is 0.481. The first kappa shape index (κ1) is 13.1. The average molecular weight is 301 g/mol. The zero-order valence-electron chi connectivity index (χ0n) is 13.1. The highest BCUT2D eigenvalue weighted by atomic mass is 15.1. The summed E-state index contributed by atoms with van der Waals surface area (Å²) >= 11 is 0. The van der Waals surface area contributed by atoms with E-state index in [0.29, 0.717) is 6.04 Å². The van der Waals surface area contributed by atoms with Crippen LogP contribution < -0.4 is 0 Å². The maximum Gasteiger partial charge on any atom is 0.160 e. The number of hydrogen-bond donors (Lipinski definition) is 0. The van der Waals surface area contributed by atoms with Gasteiger partial charge in [-0.1, -0.05) is 49.6 Å². The van der Waals surface area contributed by atoms with Gasteiger partial charge in [0.05, 0.1) is 16.6 Å². The van der Waals surface area contributed by atoms with Gasteiger partial charge >= 0.3 is 0 Å². The van der Waals surface area contributed by atoms with Gasteiger partial charge in [-0.15, -0.1) is 0 Å². The minimum atomic E-state index is 0.557. The Morgan fingerprint density at radius 3 is 2.30 bits per heavy atom. The van der Waals surface area contributed by atoms with Crippen LogP contribution in [0.25, 0.3) is 33.1 Å². The molecule has 0 aliphatic heterocycles. The molecule has 3 heteroatoms. The van der Waals surface area contributed by atoms with E-state index in [1.807, 2.05) is 12.1 Å². The van der Waals surface area contributed by atoms with E-state index in [4.69, 9.17) is 9.97 Å². The summed E-state index contributed by atoms with van der Waals surface area (Å²) in [6.07, 6.45) is 6.51. The SMILES string of the molecule is c1ccc2nc3c(nc2c1)c1ccccc1n3C1CCCCC1. The van der Waals surface area contributed by atoms with Gasteiger partial charge < -0.3 is 4.57 Å². The smallest absolute Gasteiger partial charge is 0.160 e. The fourth-order valence-corrected chi connectivity index (χ4v) is 4.05. The Labute approximate surface area is 135 Å². The van der Waals surface area contributed by atoms with Gasteiger partial charge in [0.1, 0.15) is 5.52 Å². The van der Waals surface area contributed by atoms with E-state index in [-0.39, 0.29) is 0 Å². The van der Waals surface area contributed by atoms with Crippen molar-refractivity contribution in [2.24, 2.45) is 0 Å². The molecule has 0 saturated heterocycles. The Morgan fingerprint density at radius 2 is 1.48 bits per heavy atom. The van der Waals surface area contributed by atoms with E-state index >= 15 is 0 Å². The molecule has 5 rings (SSSR count). The predicted octanol–water partition coefficient (Wildman–Crippen LogP) is 5.24. The topological polar surface area (TPSA) is 30.7 Å². The number of aromatic nitrogens is 3. The van der Waals surface area contributed by atoms with Gasteiger partial charge in [-0.2, -0.15) is 0 Å². The van der Waals surface area contributed by atoms with Crippen LogP contribution in [0.15, 0.2) is 48.5 Å². The lowest BCUT2D eigenvalue weighted by atomic mass is 9.95. The monoisotopic (exact) mass is 301 g/mol. The largest absolute Gasteiger partial charge is 0.321 e. The molecule has 23 heavy (non-hydrogen) atoms. The number of rotatable bonds is 1. The average Bonchev–Trinajstić information content (AvgIpc) is 2.94. The van der Waals surface area contributed by atoms with Crippen molar-refractivity contribution in [1.82, 2.24) is 14.5 Å². The molecule has 0 N–H and O–H groups in total. The van der Waals surface area contributed by atoms with Crippen LogP contribution in [0.2, 0.25) is 0 Å². The van der Waals surface area contributed by atoms with Crippen molar-refractivity contribution in [3.8, 4) is 0 Å². The van der Waals surface area contributed by atoms with Crippen LogP contribution >= 0.6 is 0 Å². The van der Waals surface area contributed by atoms with Gasteiger partial charge in [-0.25, -0.2) is 9.97 Å². The van der Waals surface area contributed by atoms with E-state index in [2.05, 4.69) is 41.0 Å². The summed E-state index contributed by atoms with van der Waals surface area (Å²) < 4.78 is 2.46. The number of benzene rings is 2. The molecule has 114 valence electrons. The first-order valence-electron chi connectivity index (χ1n) is 8.57. The van der Waals surface area contributed by atoms with Gasteiger partial charge in [0.25, 0.3) is 0 Å². The Balaban J connectivity index is 1.90. The van der Waals surface area contributed by atoms with E-state index in [9.17, 15) is 0 Å². The standard InChI is InChI=1S/C20H19N3/c1-2-8-14(9-3-1)23-18-13-7-4-10-15(18)19-20(23)22-17-12-6-5-11-16(17)21-19/h4-7,10-14H,1-3,8-9H2. The van der Waals surface area contributed by atoms with Crippen molar-refractivity contribution >= 4 is 33.1 Å². The fraction of sp³-hybridized carbons (Fsp3) is 0.300. The van der Waals surface area contributed by atoms with E-state index in [0.717, 1.165) is 22.2 Å². The summed E-state index contributed by atoms with van der Waals surface area (Å²) in [5, 5.41) is 1.23. The molecular formula is C20H19N3. The molecule has 0 spiro atoms. The molecule has 1 fully saturated rings. The first-order valence-corrected chi connectivity index (χ1v) is 8.57. The molecule has 2 aromatic carbocycles. The van der Waals surface area contributed by atoms with E-state index in [1.54, 1.807) is 0 Å². The second-order valence-corrected chi connectivity index (χ2v) is 6.56. The number of para-hydroxylation sites is 3. The van der Waals surface area contributed by atoms with Crippen molar-refractivity contribution < 1.29 is 0 Å². The molecule has 0 atom stereocenters. The van der Waals surface area contributed by atoms with Crippen LogP contribution in [0.3, 0.4) is 0 Å². The molecule has 4 aromatic rings. The summed E-state index contributed by atoms with van der Waals surface area (Å²) in [6.45, 7) is 0. The lowest BCUT2D eigenvalue weighted by Gasteiger charge is -2.24. The van der Waals surface area contributed by atoms with Crippen molar-refractivity contribution in [3.05, 3.63) is 48.5 Å². The predicted molar refractivity (Wildman–Crippen MR) is 94.7 cm³/mol. The van der Waals surface area contributed by atoms with E-state index < -0.39 is 0 Å². The minimum absolute atomic E-state index is 0.557. The molecule has 0 radical (unpaired) electrons. The second kappa shape index (κ2) is 5.05. The Morgan fingerprint density at radius 1 is 0.783 bits per heavy atom. The third kappa shape index (κ3) is 1.96. The zero-order chi connectivity index (χ0) is 15.2. The molecule has 1 aliphatic carbocycles. The van der Waals surface area contributed by atoms with E-state index in [1.165, 1.54) is 43.0 Å². The zero-order valence-corrected chi connectivity index (χ0v) is 13.1. The van der Waals surface area contributed by atoms with Crippen LogP contribution in [-0.2, 0) is 0 Å². The van der Waals surface area contributed by atoms with Gasteiger partial charge in [0.2, 0.25) is 0 Å². The molecule has 0 unspecified atom stereocenters. The van der Waals surface area contributed by atoms with Gasteiger partial charge in [-0.05, 0) is 31.0 Å². The molecule has 2 aromatic heterocycles. The van der Waals surface area contributed by atoms with Crippen LogP contribution in [0.4, 0.5) is 0 Å². The third-order valence-electron chi connectivity index (χ3n) is 5.14. The van der Waals surface area contributed by atoms with Gasteiger partial charge in [-0.3, -0.25) is 0 Å². The Bertz CT molecular complexity index is 1010. The number of nitrogens with zero attached hydrogens (tertiary/aromatic N) is 3. The van der Waals surface area contributed by atoms with Crippen molar-refractivity contribution in [2.45, 2.75) is 38.1 Å². The lowest BCUT2D eigenvalue weighted by Crippen LogP contribution is -2.13. The number of fused-ring (bicyclic) bond motifs is 4. The maximum atomic E-state index is 4.99. The molecule has 0 amide bonds. The molecule has 1 saturated carbocycles. The van der Waals surface area contributed by atoms with Crippen molar-refractivity contribution in [3.63, 3.8) is 0 Å². The normalized spacial score (nSPS) is 16.5. The molecule has 3 nitrogen and oxygen atoms in total. The first-order chi connectivity index (χ1) is 11.4. The summed E-state index contributed by atoms with van der Waals surface area (Å²) in [5.41, 5.74) is 5.35. The molecule has 2 heterocycles. The van der Waals surface area contributed by atoms with Gasteiger partial charge in [0.15, 0.2) is 5.65 Å². The Hall–Kier alpha value is -2.42. The molecular weight excluding hydrogens is 282 g/mol. The second-order valence-electron chi connectivity index (χ2n) is 6.56. The molecule has 1 aliphatic rings. The minimum Gasteiger partial charge on any atom is -0.321 e. The van der Waals surface area contributed by atoms with Crippen LogP contribution in [0, 0.1) is 0 Å². The summed E-state index contributed by atoms with van der Waals surface area (Å²) in [7, 11) is 0. The molecule has 0 bridgehead atoms. The van der Waals surface area contributed by atoms with Crippen LogP contribution in [-0.4, -0.2) is 14.5 Å². The summed E-state index contributed by atoms with van der Waals surface area (Å²) in [5.74, 6) is 0. The lowest BCUT2D eigenvalue weighted by molar-refractivity contribution is 0.366. The van der Waals surface area contributed by atoms with Gasteiger partial charge in [0, 0.05) is 11.4 Å². The summed E-state index contributed by atoms with van der Waals surface area (Å²) in [6, 6.07) is 17.4. The van der Waals surface area contributed by atoms with Crippen LogP contribution in [0.1, 0.15) is 38.1 Å². The number of hydrogen-bond acceptors (Lipinski definition) is 2. The highest BCUT2D eigenvalue weighted by molar-refractivity contribution is 6.06. The van der Waals surface area contributed by atoms with Crippen molar-refractivity contribution in [1.29, 1.82) is 0 Å². The highest BCUT2D eigenvalue weighted by Crippen LogP contribution is 2.36. The summed E-state index contributed by atoms with van der Waals surface area (Å²) in [4.78, 5) is 9.93. The van der Waals surface area contributed by atoms with Crippen LogP contribution in [0.5, 0.6) is 0 Å². The maximum absolute atomic E-state index is 4.99. The third-order valence-corrected chi connectivity index (χ3v) is 5.14. The van der Waals surface area contributed by atoms with Crippen molar-refractivity contribution in [2.75, 3.05) is 0 Å².